The molecular formula is C21H24N4O2S. The highest BCUT2D eigenvalue weighted by atomic mass is 32.2. The van der Waals surface area contributed by atoms with Crippen LogP contribution in [0.3, 0.4) is 0 Å². The van der Waals surface area contributed by atoms with Crippen LogP contribution in [0.15, 0.2) is 47.6 Å². The Morgan fingerprint density at radius 3 is 2.61 bits per heavy atom. The van der Waals surface area contributed by atoms with E-state index in [1.807, 2.05) is 29.2 Å². The molecule has 3 aromatic rings. The lowest BCUT2D eigenvalue weighted by Crippen LogP contribution is -2.49. The van der Waals surface area contributed by atoms with Gasteiger partial charge in [-0.15, -0.1) is 0 Å². The number of imidazole rings is 1. The monoisotopic (exact) mass is 396 g/mol. The molecule has 1 fully saturated rings. The maximum Gasteiger partial charge on any atom is 0.233 e. The molecule has 0 atom stereocenters. The number of fused-ring (bicyclic) bond motifs is 1. The Kier molecular flexibility index (Phi) is 5.43. The van der Waals surface area contributed by atoms with Crippen LogP contribution in [0.2, 0.25) is 0 Å². The second-order valence-corrected chi connectivity index (χ2v) is 7.88. The van der Waals surface area contributed by atoms with Gasteiger partial charge in [0.25, 0.3) is 0 Å². The van der Waals surface area contributed by atoms with Gasteiger partial charge >= 0.3 is 0 Å². The molecular weight excluding hydrogens is 372 g/mol. The third kappa shape index (κ3) is 4.09. The zero-order chi connectivity index (χ0) is 19.5. The minimum Gasteiger partial charge on any atom is -0.497 e. The number of carbonyl (C=O) groups is 1. The van der Waals surface area contributed by atoms with Gasteiger partial charge in [-0.05, 0) is 48.9 Å². The minimum absolute atomic E-state index is 0.163. The molecule has 0 unspecified atom stereocenters. The van der Waals surface area contributed by atoms with Crippen LogP contribution in [-0.4, -0.2) is 59.8 Å². The summed E-state index contributed by atoms with van der Waals surface area (Å²) in [6, 6.07) is 14.2. The van der Waals surface area contributed by atoms with Crippen LogP contribution in [0, 0.1) is 6.92 Å². The molecule has 0 spiro atoms. The Hall–Kier alpha value is -2.67. The lowest BCUT2D eigenvalue weighted by molar-refractivity contribution is -0.128. The van der Waals surface area contributed by atoms with Crippen molar-refractivity contribution in [3.05, 3.63) is 48.0 Å². The molecule has 1 aromatic heterocycles. The molecule has 28 heavy (non-hydrogen) atoms. The van der Waals surface area contributed by atoms with Crippen molar-refractivity contribution in [1.29, 1.82) is 0 Å². The van der Waals surface area contributed by atoms with Gasteiger partial charge in [0.1, 0.15) is 5.75 Å². The smallest absolute Gasteiger partial charge is 0.233 e. The van der Waals surface area contributed by atoms with Gasteiger partial charge in [-0.3, -0.25) is 4.79 Å². The molecule has 4 rings (SSSR count). The zero-order valence-electron chi connectivity index (χ0n) is 16.1. The maximum atomic E-state index is 12.6. The van der Waals surface area contributed by atoms with Crippen molar-refractivity contribution in [2.24, 2.45) is 0 Å². The summed E-state index contributed by atoms with van der Waals surface area (Å²) in [4.78, 5) is 24.7. The Morgan fingerprint density at radius 2 is 1.89 bits per heavy atom. The Morgan fingerprint density at radius 1 is 1.14 bits per heavy atom. The minimum atomic E-state index is 0.163. The number of H-pyrrole nitrogens is 1. The fourth-order valence-corrected chi connectivity index (χ4v) is 4.18. The number of piperazine rings is 1. The summed E-state index contributed by atoms with van der Waals surface area (Å²) in [7, 11) is 1.67. The average Bonchev–Trinajstić information content (AvgIpc) is 3.14. The molecule has 1 saturated heterocycles. The number of amides is 1. The van der Waals surface area contributed by atoms with Crippen LogP contribution in [0.1, 0.15) is 5.56 Å². The quantitative estimate of drug-likeness (QED) is 0.671. The van der Waals surface area contributed by atoms with E-state index in [4.69, 9.17) is 4.74 Å². The summed E-state index contributed by atoms with van der Waals surface area (Å²) >= 11 is 1.47. The zero-order valence-corrected chi connectivity index (χ0v) is 17.0. The van der Waals surface area contributed by atoms with Crippen LogP contribution >= 0.6 is 11.8 Å². The second kappa shape index (κ2) is 8.14. The number of anilines is 1. The number of carbonyl (C=O) groups excluding carboxylic acids is 1. The third-order valence-electron chi connectivity index (χ3n) is 5.02. The number of nitrogens with zero attached hydrogens (tertiary/aromatic N) is 3. The predicted molar refractivity (Wildman–Crippen MR) is 113 cm³/mol. The molecule has 0 radical (unpaired) electrons. The highest BCUT2D eigenvalue weighted by Crippen LogP contribution is 2.23. The normalized spacial score (nSPS) is 14.5. The summed E-state index contributed by atoms with van der Waals surface area (Å²) in [5, 5.41) is 0.797. The van der Waals surface area contributed by atoms with Crippen LogP contribution in [0.4, 0.5) is 5.69 Å². The Balaban J connectivity index is 1.29. The van der Waals surface area contributed by atoms with Crippen LogP contribution < -0.4 is 9.64 Å². The first-order chi connectivity index (χ1) is 13.6. The molecule has 0 aliphatic carbocycles. The van der Waals surface area contributed by atoms with Crippen molar-refractivity contribution in [3.63, 3.8) is 0 Å². The number of ether oxygens (including phenoxy) is 1. The van der Waals surface area contributed by atoms with E-state index in [-0.39, 0.29) is 5.91 Å². The number of aromatic nitrogens is 2. The molecule has 7 heteroatoms. The van der Waals surface area contributed by atoms with Crippen LogP contribution in [-0.2, 0) is 4.79 Å². The van der Waals surface area contributed by atoms with Crippen LogP contribution in [0.5, 0.6) is 5.75 Å². The van der Waals surface area contributed by atoms with Crippen molar-refractivity contribution in [2.75, 3.05) is 43.9 Å². The number of methoxy groups -OCH3 is 1. The number of benzene rings is 2. The first kappa shape index (κ1) is 18.7. The average molecular weight is 397 g/mol. The van der Waals surface area contributed by atoms with Gasteiger partial charge in [-0.1, -0.05) is 17.8 Å². The standard InChI is InChI=1S/C21H24N4O2S/c1-15-3-8-18-19(13-15)23-21(22-18)28-14-20(26)25-11-9-24(10-12-25)16-4-6-17(27-2)7-5-16/h3-8,13H,9-12,14H2,1-2H3,(H,22,23). The van der Waals surface area contributed by atoms with Crippen molar-refractivity contribution in [3.8, 4) is 5.75 Å². The van der Waals surface area contributed by atoms with Gasteiger partial charge in [0.05, 0.1) is 23.9 Å². The molecule has 6 nitrogen and oxygen atoms in total. The lowest BCUT2D eigenvalue weighted by atomic mass is 10.2. The molecule has 1 aliphatic heterocycles. The molecule has 2 aromatic carbocycles. The summed E-state index contributed by atoms with van der Waals surface area (Å²) in [5.74, 6) is 1.42. The van der Waals surface area contributed by atoms with Crippen molar-refractivity contribution in [2.45, 2.75) is 12.1 Å². The van der Waals surface area contributed by atoms with E-state index < -0.39 is 0 Å². The first-order valence-electron chi connectivity index (χ1n) is 9.38. The Labute approximate surface area is 168 Å². The fourth-order valence-electron chi connectivity index (χ4n) is 3.40. The highest BCUT2D eigenvalue weighted by Gasteiger charge is 2.21. The van der Waals surface area contributed by atoms with Gasteiger partial charge in [0.15, 0.2) is 5.16 Å². The van der Waals surface area contributed by atoms with E-state index >= 15 is 0 Å². The molecule has 146 valence electrons. The molecule has 2 heterocycles. The van der Waals surface area contributed by atoms with Gasteiger partial charge in [-0.25, -0.2) is 4.98 Å². The number of aromatic amines is 1. The van der Waals surface area contributed by atoms with Crippen LogP contribution in [0.25, 0.3) is 11.0 Å². The maximum absolute atomic E-state index is 12.6. The van der Waals surface area contributed by atoms with E-state index in [0.29, 0.717) is 5.75 Å². The van der Waals surface area contributed by atoms with Gasteiger partial charge < -0.3 is 19.5 Å². The number of hydrogen-bond acceptors (Lipinski definition) is 5. The third-order valence-corrected chi connectivity index (χ3v) is 5.88. The van der Waals surface area contributed by atoms with E-state index in [9.17, 15) is 4.79 Å². The van der Waals surface area contributed by atoms with Gasteiger partial charge in [0, 0.05) is 31.9 Å². The topological polar surface area (TPSA) is 61.5 Å². The summed E-state index contributed by atoms with van der Waals surface area (Å²) < 4.78 is 5.21. The first-order valence-corrected chi connectivity index (χ1v) is 10.4. The fraction of sp³-hybridized carbons (Fsp3) is 0.333. The number of hydrogen-bond donors (Lipinski definition) is 1. The van der Waals surface area contributed by atoms with Crippen molar-refractivity contribution < 1.29 is 9.53 Å². The molecule has 0 saturated carbocycles. The summed E-state index contributed by atoms with van der Waals surface area (Å²) in [5.41, 5.74) is 4.31. The van der Waals surface area contributed by atoms with E-state index in [1.54, 1.807) is 7.11 Å². The van der Waals surface area contributed by atoms with E-state index in [1.165, 1.54) is 23.0 Å². The summed E-state index contributed by atoms with van der Waals surface area (Å²) in [6.45, 7) is 5.22. The summed E-state index contributed by atoms with van der Waals surface area (Å²) in [6.07, 6.45) is 0. The molecule has 1 aliphatic rings. The van der Waals surface area contributed by atoms with E-state index in [2.05, 4.69) is 40.0 Å². The Bertz CT molecular complexity index is 962. The number of nitrogens with one attached hydrogen (secondary N) is 1. The largest absolute Gasteiger partial charge is 0.497 e. The molecule has 1 amide bonds. The number of aryl methyl sites for hydroxylation is 1. The number of thioether (sulfide) groups is 1. The highest BCUT2D eigenvalue weighted by molar-refractivity contribution is 7.99. The SMILES string of the molecule is COc1ccc(N2CCN(C(=O)CSc3nc4ccc(C)cc4[nH]3)CC2)cc1. The van der Waals surface area contributed by atoms with Crippen molar-refractivity contribution in [1.82, 2.24) is 14.9 Å². The molecule has 1 N–H and O–H groups in total. The van der Waals surface area contributed by atoms with Gasteiger partial charge in [-0.2, -0.15) is 0 Å². The van der Waals surface area contributed by atoms with Crippen molar-refractivity contribution >= 4 is 34.4 Å². The molecule has 0 bridgehead atoms. The number of rotatable bonds is 5. The van der Waals surface area contributed by atoms with Gasteiger partial charge in [0.2, 0.25) is 5.91 Å². The second-order valence-electron chi connectivity index (χ2n) is 6.92. The predicted octanol–water partition coefficient (Wildman–Crippen LogP) is 3.32. The lowest BCUT2D eigenvalue weighted by Gasteiger charge is -2.36. The van der Waals surface area contributed by atoms with E-state index in [0.717, 1.165) is 48.1 Å².